The Kier molecular flexibility index (Phi) is 8.82. The normalized spacial score (nSPS) is 12.8. The maximum atomic E-state index is 13.6. The molecule has 1 atom stereocenters. The Hall–Kier alpha value is -2.91. The highest BCUT2D eigenvalue weighted by Crippen LogP contribution is 2.17. The van der Waals surface area contributed by atoms with E-state index in [-0.39, 0.29) is 17.2 Å². The summed E-state index contributed by atoms with van der Waals surface area (Å²) in [4.78, 5) is 25.2. The van der Waals surface area contributed by atoms with Gasteiger partial charge in [0.25, 0.3) is 5.69 Å². The monoisotopic (exact) mass is 433 g/mol. The van der Waals surface area contributed by atoms with Crippen molar-refractivity contribution in [3.8, 4) is 0 Å². The molecule has 0 aliphatic rings. The van der Waals surface area contributed by atoms with Gasteiger partial charge in [0.15, 0.2) is 0 Å². The molecule has 0 fully saturated rings. The van der Waals surface area contributed by atoms with Gasteiger partial charge >= 0.3 is 6.09 Å². The Morgan fingerprint density at radius 2 is 1.77 bits per heavy atom. The van der Waals surface area contributed by atoms with Gasteiger partial charge in [0.1, 0.15) is 6.61 Å². The third kappa shape index (κ3) is 6.85. The van der Waals surface area contributed by atoms with Crippen LogP contribution < -0.4 is 4.72 Å². The molecule has 1 amide bonds. The molecule has 0 heterocycles. The van der Waals surface area contributed by atoms with Crippen LogP contribution in [0.5, 0.6) is 0 Å². The molecule has 0 aliphatic heterocycles. The van der Waals surface area contributed by atoms with Crippen molar-refractivity contribution in [1.82, 2.24) is 9.62 Å². The zero-order valence-corrected chi connectivity index (χ0v) is 18.0. The lowest BCUT2D eigenvalue weighted by atomic mass is 10.2. The van der Waals surface area contributed by atoms with Crippen LogP contribution in [0.2, 0.25) is 0 Å². The predicted molar refractivity (Wildman–Crippen MR) is 118 cm³/mol. The van der Waals surface area contributed by atoms with Gasteiger partial charge in [0.2, 0.25) is 0 Å². The topological polar surface area (TPSA) is 102 Å². The van der Waals surface area contributed by atoms with E-state index in [4.69, 9.17) is 4.74 Å². The summed E-state index contributed by atoms with van der Waals surface area (Å²) in [5.74, 6) is 0. The van der Waals surface area contributed by atoms with Crippen molar-refractivity contribution in [2.24, 2.45) is 0 Å². The van der Waals surface area contributed by atoms with Crippen LogP contribution >= 0.6 is 0 Å². The molecule has 0 saturated heterocycles. The van der Waals surface area contributed by atoms with Crippen molar-refractivity contribution >= 4 is 26.9 Å². The van der Waals surface area contributed by atoms with Crippen LogP contribution in [0.15, 0.2) is 59.5 Å². The Morgan fingerprint density at radius 1 is 1.13 bits per heavy atom. The predicted octanol–water partition coefficient (Wildman–Crippen LogP) is 3.61. The summed E-state index contributed by atoms with van der Waals surface area (Å²) in [5.41, 5.74) is 0.690. The van der Waals surface area contributed by atoms with E-state index in [1.165, 1.54) is 24.3 Å². The van der Waals surface area contributed by atoms with Crippen LogP contribution in [-0.4, -0.2) is 45.1 Å². The summed E-state index contributed by atoms with van der Waals surface area (Å²) in [6, 6.07) is 14.5. The molecule has 1 N–H and O–H groups in total. The summed E-state index contributed by atoms with van der Waals surface area (Å²) < 4.78 is 21.3. The molecule has 162 valence electrons. The Labute approximate surface area is 177 Å². The van der Waals surface area contributed by atoms with Gasteiger partial charge in [-0.05, 0) is 42.6 Å². The number of amides is 1. The molecular weight excluding hydrogens is 406 g/mol. The Balaban J connectivity index is 2.20. The molecule has 0 bridgehead atoms. The summed E-state index contributed by atoms with van der Waals surface area (Å²) in [5, 5.41) is 12.5. The lowest BCUT2D eigenvalue weighted by molar-refractivity contribution is -0.384. The summed E-state index contributed by atoms with van der Waals surface area (Å²) in [7, 11) is -3.12. The minimum atomic E-state index is -3.12. The fourth-order valence-electron chi connectivity index (χ4n) is 2.78. The average Bonchev–Trinajstić information content (AvgIpc) is 2.76. The van der Waals surface area contributed by atoms with Crippen LogP contribution in [0.25, 0.3) is 0 Å². The van der Waals surface area contributed by atoms with Crippen LogP contribution in [0.4, 0.5) is 10.5 Å². The quantitative estimate of drug-likeness (QED) is 0.349. The van der Waals surface area contributed by atoms with Crippen molar-refractivity contribution < 1.29 is 18.7 Å². The van der Waals surface area contributed by atoms with Crippen LogP contribution in [0.3, 0.4) is 0 Å². The zero-order chi connectivity index (χ0) is 22.0. The fraction of sp³-hybridized carbons (Fsp3) is 0.333. The molecule has 2 rings (SSSR count). The van der Waals surface area contributed by atoms with Gasteiger partial charge in [-0.25, -0.2) is 13.7 Å². The maximum absolute atomic E-state index is 13.6. The lowest BCUT2D eigenvalue weighted by Crippen LogP contribution is -2.33. The van der Waals surface area contributed by atoms with Gasteiger partial charge in [-0.2, -0.15) is 0 Å². The second-order valence-electron chi connectivity index (χ2n) is 6.50. The average molecular weight is 434 g/mol. The van der Waals surface area contributed by atoms with Crippen molar-refractivity contribution in [2.75, 3.05) is 19.6 Å². The molecule has 8 nitrogen and oxygen atoms in total. The van der Waals surface area contributed by atoms with Crippen molar-refractivity contribution in [2.45, 2.75) is 31.8 Å². The number of nitro benzene ring substituents is 1. The van der Waals surface area contributed by atoms with Crippen molar-refractivity contribution in [1.29, 1.82) is 0 Å². The smallest absolute Gasteiger partial charge is 0.419 e. The first-order valence-electron chi connectivity index (χ1n) is 9.70. The molecule has 30 heavy (non-hydrogen) atoms. The van der Waals surface area contributed by atoms with E-state index in [0.29, 0.717) is 13.0 Å². The van der Waals surface area contributed by atoms with Gasteiger partial charge in [-0.15, -0.1) is 0 Å². The Morgan fingerprint density at radius 3 is 2.33 bits per heavy atom. The molecule has 1 unspecified atom stereocenters. The van der Waals surface area contributed by atoms with Gasteiger partial charge in [0, 0.05) is 18.7 Å². The first-order valence-corrected chi connectivity index (χ1v) is 11.3. The van der Waals surface area contributed by atoms with Crippen LogP contribution in [0.1, 0.15) is 25.8 Å². The van der Waals surface area contributed by atoms with Gasteiger partial charge in [0.05, 0.1) is 19.5 Å². The van der Waals surface area contributed by atoms with Gasteiger partial charge in [-0.1, -0.05) is 44.2 Å². The fourth-order valence-corrected chi connectivity index (χ4v) is 4.46. The van der Waals surface area contributed by atoms with Crippen molar-refractivity contribution in [3.05, 3.63) is 70.3 Å². The zero-order valence-electron chi connectivity index (χ0n) is 17.2. The highest BCUT2D eigenvalue weighted by atomic mass is 32.2. The lowest BCUT2D eigenvalue weighted by Gasteiger charge is -2.18. The number of nitrogens with one attached hydrogen (secondary N) is 1. The van der Waals surface area contributed by atoms with E-state index < -0.39 is 20.7 Å². The molecule has 0 saturated carbocycles. The summed E-state index contributed by atoms with van der Waals surface area (Å²) in [6.45, 7) is 6.51. The van der Waals surface area contributed by atoms with Crippen molar-refractivity contribution in [3.63, 3.8) is 0 Å². The van der Waals surface area contributed by atoms with E-state index in [9.17, 15) is 19.1 Å². The molecule has 9 heteroatoms. The highest BCUT2D eigenvalue weighted by Gasteiger charge is 2.17. The Bertz CT molecular complexity index is 950. The number of nitrogens with zero attached hydrogens (tertiary/aromatic N) is 2. The minimum absolute atomic E-state index is 0.0436. The number of rotatable bonds is 10. The number of carbonyl (C=O) groups is 1. The number of ether oxygens (including phenoxy) is 1. The van der Waals surface area contributed by atoms with Crippen LogP contribution in [0, 0.1) is 10.1 Å². The summed E-state index contributed by atoms with van der Waals surface area (Å²) >= 11 is 0. The largest absolute Gasteiger partial charge is 0.444 e. The first kappa shape index (κ1) is 23.4. The number of nitro groups is 1. The highest BCUT2D eigenvalue weighted by molar-refractivity contribution is 8.00. The number of non-ortho nitro benzene ring substituents is 1. The van der Waals surface area contributed by atoms with E-state index in [1.54, 1.807) is 5.37 Å². The molecular formula is C21H27N3O5S. The third-order valence-electron chi connectivity index (χ3n) is 4.54. The van der Waals surface area contributed by atoms with E-state index >= 15 is 0 Å². The standard InChI is InChI=1S/C21H27N3O5S/c1-3-23(4-2)15-8-16-30(28,20-13-11-19(12-14-20)24(26)27)22-21(25)29-17-18-9-6-5-7-10-18/h5-7,9-14,16H,3-4,8,15,17H2,1-2H3,(H,22,25,28). The second-order valence-corrected chi connectivity index (χ2v) is 8.71. The van der Waals surface area contributed by atoms with Gasteiger partial charge in [-0.3, -0.25) is 10.1 Å². The number of carbonyl (C=O) groups excluding carboxylic acids is 1. The third-order valence-corrected chi connectivity index (χ3v) is 6.69. The van der Waals surface area contributed by atoms with Gasteiger partial charge < -0.3 is 9.64 Å². The first-order chi connectivity index (χ1) is 14.4. The molecule has 0 spiro atoms. The number of hydrogen-bond donors (Lipinski definition) is 1. The SMILES string of the molecule is CCN(CC)CCC=S(=O)(NC(=O)OCc1ccccc1)c1ccc([N+](=O)[O-])cc1. The molecule has 2 aromatic rings. The molecule has 0 aromatic heterocycles. The van der Waals surface area contributed by atoms with E-state index in [1.807, 2.05) is 44.2 Å². The summed E-state index contributed by atoms with van der Waals surface area (Å²) in [6.07, 6.45) is -0.350. The number of hydrogen-bond acceptors (Lipinski definition) is 6. The minimum Gasteiger partial charge on any atom is -0.444 e. The van der Waals surface area contributed by atoms with Crippen LogP contribution in [-0.2, 0) is 21.1 Å². The van der Waals surface area contributed by atoms with E-state index in [0.717, 1.165) is 18.7 Å². The molecule has 0 aliphatic carbocycles. The maximum Gasteiger partial charge on any atom is 0.419 e. The van der Waals surface area contributed by atoms with E-state index in [2.05, 4.69) is 9.62 Å². The molecule has 2 aromatic carbocycles. The second kappa shape index (κ2) is 11.3. The number of benzene rings is 2. The molecule has 0 radical (unpaired) electrons.